The maximum Gasteiger partial charge on any atom is 0.251 e. The van der Waals surface area contributed by atoms with Crippen LogP contribution in [0.2, 0.25) is 0 Å². The summed E-state index contributed by atoms with van der Waals surface area (Å²) in [5, 5.41) is 2.53. The average Bonchev–Trinajstić information content (AvgIpc) is 2.17. The average molecular weight is 159 g/mol. The van der Waals surface area contributed by atoms with Gasteiger partial charge in [-0.15, -0.1) is 6.42 Å². The highest BCUT2D eigenvalue weighted by molar-refractivity contribution is 5.94. The molecule has 1 rings (SSSR count). The summed E-state index contributed by atoms with van der Waals surface area (Å²) in [6.45, 7) is 0. The van der Waals surface area contributed by atoms with E-state index in [0.717, 1.165) is 5.56 Å². The number of carbonyl (C=O) groups excluding carboxylic acids is 1. The van der Waals surface area contributed by atoms with E-state index in [9.17, 15) is 4.79 Å². The number of carbonyl (C=O) groups is 1. The van der Waals surface area contributed by atoms with Gasteiger partial charge in [-0.2, -0.15) is 0 Å². The molecule has 1 aromatic carbocycles. The fourth-order valence-corrected chi connectivity index (χ4v) is 0.895. The molecule has 2 nitrogen and oxygen atoms in total. The van der Waals surface area contributed by atoms with Gasteiger partial charge in [0, 0.05) is 18.2 Å². The van der Waals surface area contributed by atoms with Crippen molar-refractivity contribution in [1.82, 2.24) is 5.32 Å². The molecule has 1 aromatic rings. The Bertz CT molecular complexity index is 336. The fraction of sp³-hybridized carbons (Fsp3) is 0.100. The molecule has 0 saturated carbocycles. The topological polar surface area (TPSA) is 29.1 Å². The number of benzene rings is 1. The second-order valence-corrected chi connectivity index (χ2v) is 2.30. The van der Waals surface area contributed by atoms with Crippen molar-refractivity contribution in [2.45, 2.75) is 0 Å². The summed E-state index contributed by atoms with van der Waals surface area (Å²) in [5.74, 6) is 2.35. The lowest BCUT2D eigenvalue weighted by Crippen LogP contribution is -2.17. The summed E-state index contributed by atoms with van der Waals surface area (Å²) in [7, 11) is 1.59. The van der Waals surface area contributed by atoms with E-state index in [0.29, 0.717) is 5.56 Å². The largest absolute Gasteiger partial charge is 0.355 e. The Hall–Kier alpha value is -1.75. The zero-order chi connectivity index (χ0) is 8.97. The van der Waals surface area contributed by atoms with Crippen molar-refractivity contribution >= 4 is 5.91 Å². The predicted molar refractivity (Wildman–Crippen MR) is 47.8 cm³/mol. The normalized spacial score (nSPS) is 8.67. The van der Waals surface area contributed by atoms with Crippen molar-refractivity contribution in [3.63, 3.8) is 0 Å². The molecule has 0 fully saturated rings. The second kappa shape index (κ2) is 3.59. The molecule has 0 atom stereocenters. The van der Waals surface area contributed by atoms with Gasteiger partial charge < -0.3 is 5.32 Å². The highest BCUT2D eigenvalue weighted by Gasteiger charge is 2.01. The zero-order valence-corrected chi connectivity index (χ0v) is 6.79. The van der Waals surface area contributed by atoms with Gasteiger partial charge in [0.2, 0.25) is 0 Å². The van der Waals surface area contributed by atoms with Crippen molar-refractivity contribution in [3.05, 3.63) is 35.4 Å². The van der Waals surface area contributed by atoms with Crippen LogP contribution in [0.5, 0.6) is 0 Å². The Balaban J connectivity index is 3.04. The van der Waals surface area contributed by atoms with Crippen molar-refractivity contribution in [2.24, 2.45) is 0 Å². The Morgan fingerprint density at radius 3 is 2.92 bits per heavy atom. The van der Waals surface area contributed by atoms with E-state index in [4.69, 9.17) is 6.42 Å². The van der Waals surface area contributed by atoms with E-state index in [1.54, 1.807) is 31.3 Å². The minimum atomic E-state index is -0.118. The molecule has 0 aliphatic rings. The van der Waals surface area contributed by atoms with Crippen molar-refractivity contribution in [1.29, 1.82) is 0 Å². The summed E-state index contributed by atoms with van der Waals surface area (Å²) >= 11 is 0. The molecule has 1 N–H and O–H groups in total. The first kappa shape index (κ1) is 8.35. The minimum absolute atomic E-state index is 0.118. The molecule has 60 valence electrons. The third kappa shape index (κ3) is 1.64. The molecule has 0 saturated heterocycles. The number of rotatable bonds is 1. The molecule has 0 aromatic heterocycles. The van der Waals surface area contributed by atoms with Crippen LogP contribution < -0.4 is 5.32 Å². The first-order valence-electron chi connectivity index (χ1n) is 3.56. The zero-order valence-electron chi connectivity index (χ0n) is 6.79. The summed E-state index contributed by atoms with van der Waals surface area (Å²) < 4.78 is 0. The molecule has 0 aliphatic carbocycles. The molecule has 1 amide bonds. The third-order valence-electron chi connectivity index (χ3n) is 1.52. The second-order valence-electron chi connectivity index (χ2n) is 2.30. The summed E-state index contributed by atoms with van der Waals surface area (Å²) in [6, 6.07) is 6.95. The first-order chi connectivity index (χ1) is 5.77. The Morgan fingerprint density at radius 2 is 2.33 bits per heavy atom. The Labute approximate surface area is 71.6 Å². The lowest BCUT2D eigenvalue weighted by atomic mass is 10.1. The predicted octanol–water partition coefficient (Wildman–Crippen LogP) is 1.03. The van der Waals surface area contributed by atoms with Gasteiger partial charge in [-0.1, -0.05) is 12.0 Å². The number of amides is 1. The number of nitrogens with one attached hydrogen (secondary N) is 1. The molecule has 0 bridgehead atoms. The van der Waals surface area contributed by atoms with Crippen LogP contribution in [0.15, 0.2) is 24.3 Å². The van der Waals surface area contributed by atoms with Crippen LogP contribution in [0.4, 0.5) is 0 Å². The number of hydrogen-bond acceptors (Lipinski definition) is 1. The third-order valence-corrected chi connectivity index (χ3v) is 1.52. The van der Waals surface area contributed by atoms with Crippen LogP contribution in [0, 0.1) is 12.3 Å². The maximum atomic E-state index is 11.1. The monoisotopic (exact) mass is 159 g/mol. The summed E-state index contributed by atoms with van der Waals surface area (Å²) in [6.07, 6.45) is 5.18. The van der Waals surface area contributed by atoms with Gasteiger partial charge in [-0.3, -0.25) is 4.79 Å². The standard InChI is InChI=1S/C10H9NO/c1-3-8-5-4-6-9(7-8)10(12)11-2/h1,4-7H,2H3,(H,11,12). The quantitative estimate of drug-likeness (QED) is 0.609. The lowest BCUT2D eigenvalue weighted by molar-refractivity contribution is 0.0963. The molecule has 0 heterocycles. The van der Waals surface area contributed by atoms with Gasteiger partial charge >= 0.3 is 0 Å². The Morgan fingerprint density at radius 1 is 1.58 bits per heavy atom. The highest BCUT2D eigenvalue weighted by atomic mass is 16.1. The van der Waals surface area contributed by atoms with Gasteiger partial charge in [0.05, 0.1) is 0 Å². The highest BCUT2D eigenvalue weighted by Crippen LogP contribution is 2.03. The Kier molecular flexibility index (Phi) is 2.49. The van der Waals surface area contributed by atoms with Crippen molar-refractivity contribution in [2.75, 3.05) is 7.05 Å². The minimum Gasteiger partial charge on any atom is -0.355 e. The molecule has 0 spiro atoms. The van der Waals surface area contributed by atoms with Crippen LogP contribution in [-0.2, 0) is 0 Å². The van der Waals surface area contributed by atoms with Gasteiger partial charge in [0.25, 0.3) is 5.91 Å². The molecule has 2 heteroatoms. The summed E-state index contributed by atoms with van der Waals surface area (Å²) in [5.41, 5.74) is 1.31. The molecule has 12 heavy (non-hydrogen) atoms. The maximum absolute atomic E-state index is 11.1. The SMILES string of the molecule is C#Cc1cccc(C(=O)NC)c1. The molecule has 0 radical (unpaired) electrons. The lowest BCUT2D eigenvalue weighted by Gasteiger charge is -1.98. The van der Waals surface area contributed by atoms with Gasteiger partial charge in [0.15, 0.2) is 0 Å². The number of terminal acetylenes is 1. The fourth-order valence-electron chi connectivity index (χ4n) is 0.895. The van der Waals surface area contributed by atoms with E-state index < -0.39 is 0 Å². The van der Waals surface area contributed by atoms with Gasteiger partial charge in [-0.05, 0) is 18.2 Å². The smallest absolute Gasteiger partial charge is 0.251 e. The van der Waals surface area contributed by atoms with E-state index in [1.165, 1.54) is 0 Å². The van der Waals surface area contributed by atoms with Gasteiger partial charge in [0.1, 0.15) is 0 Å². The van der Waals surface area contributed by atoms with E-state index in [2.05, 4.69) is 11.2 Å². The van der Waals surface area contributed by atoms with Crippen LogP contribution >= 0.6 is 0 Å². The molecule has 0 aliphatic heterocycles. The van der Waals surface area contributed by atoms with E-state index in [-0.39, 0.29) is 5.91 Å². The molecule has 0 unspecified atom stereocenters. The van der Waals surface area contributed by atoms with E-state index >= 15 is 0 Å². The van der Waals surface area contributed by atoms with Crippen LogP contribution in [0.3, 0.4) is 0 Å². The number of hydrogen-bond donors (Lipinski definition) is 1. The first-order valence-corrected chi connectivity index (χ1v) is 3.56. The van der Waals surface area contributed by atoms with Crippen molar-refractivity contribution < 1.29 is 4.79 Å². The van der Waals surface area contributed by atoms with Crippen LogP contribution in [-0.4, -0.2) is 13.0 Å². The van der Waals surface area contributed by atoms with Crippen LogP contribution in [0.1, 0.15) is 15.9 Å². The van der Waals surface area contributed by atoms with Gasteiger partial charge in [-0.25, -0.2) is 0 Å². The van der Waals surface area contributed by atoms with Crippen molar-refractivity contribution in [3.8, 4) is 12.3 Å². The van der Waals surface area contributed by atoms with Crippen LogP contribution in [0.25, 0.3) is 0 Å². The molecular formula is C10H9NO. The molecular weight excluding hydrogens is 150 g/mol. The summed E-state index contributed by atoms with van der Waals surface area (Å²) in [4.78, 5) is 11.1. The van der Waals surface area contributed by atoms with E-state index in [1.807, 2.05) is 0 Å².